The molecule has 0 saturated carbocycles. The van der Waals surface area contributed by atoms with Gasteiger partial charge in [0.15, 0.2) is 0 Å². The van der Waals surface area contributed by atoms with Gasteiger partial charge in [-0.15, -0.1) is 0 Å². The van der Waals surface area contributed by atoms with E-state index in [4.69, 9.17) is 22.1 Å². The molecule has 0 bridgehead atoms. The summed E-state index contributed by atoms with van der Waals surface area (Å²) in [5.41, 5.74) is 4.63. The molecule has 0 fully saturated rings. The van der Waals surface area contributed by atoms with Gasteiger partial charge >= 0.3 is 6.18 Å². The molecule has 3 rings (SSSR count). The topological polar surface area (TPSA) is 90.9 Å². The summed E-state index contributed by atoms with van der Waals surface area (Å²) in [6.45, 7) is 0. The van der Waals surface area contributed by atoms with Crippen LogP contribution in [0, 0.1) is 0 Å². The van der Waals surface area contributed by atoms with Gasteiger partial charge in [0.2, 0.25) is 5.95 Å². The monoisotopic (exact) mass is 412 g/mol. The van der Waals surface area contributed by atoms with Crippen molar-refractivity contribution >= 4 is 23.4 Å². The summed E-state index contributed by atoms with van der Waals surface area (Å²) in [5.74, 6) is 0.0539. The molecule has 2 aromatic heterocycles. The lowest BCUT2D eigenvalue weighted by Crippen LogP contribution is -2.15. The second-order valence-corrected chi connectivity index (χ2v) is 6.20. The number of halogens is 4. The quantitative estimate of drug-likeness (QED) is 0.676. The summed E-state index contributed by atoms with van der Waals surface area (Å²) >= 11 is 6.35. The predicted molar refractivity (Wildman–Crippen MR) is 100 cm³/mol. The summed E-state index contributed by atoms with van der Waals surface area (Å²) in [6.07, 6.45) is -1.43. The van der Waals surface area contributed by atoms with Gasteiger partial charge < -0.3 is 20.4 Å². The van der Waals surface area contributed by atoms with Crippen molar-refractivity contribution in [2.24, 2.45) is 7.05 Å². The second-order valence-electron chi connectivity index (χ2n) is 5.80. The van der Waals surface area contributed by atoms with E-state index in [2.05, 4.69) is 20.3 Å². The number of hydrogen-bond acceptors (Lipinski definition) is 6. The molecule has 28 heavy (non-hydrogen) atoms. The summed E-state index contributed by atoms with van der Waals surface area (Å²) in [6, 6.07) is 2.86. The molecular formula is C17H16ClF3N6O. The van der Waals surface area contributed by atoms with Crippen molar-refractivity contribution in [3.8, 4) is 28.4 Å². The third-order valence-electron chi connectivity index (χ3n) is 4.05. The van der Waals surface area contributed by atoms with Crippen LogP contribution in [0.15, 0.2) is 24.5 Å². The lowest BCUT2D eigenvalue weighted by atomic mass is 10.0. The van der Waals surface area contributed by atoms with Crippen LogP contribution in [0.5, 0.6) is 5.75 Å². The number of imidazole rings is 1. The Bertz CT molecular complexity index is 1030. The van der Waals surface area contributed by atoms with Crippen LogP contribution in [0.1, 0.15) is 5.56 Å². The van der Waals surface area contributed by atoms with Crippen LogP contribution in [0.2, 0.25) is 5.02 Å². The Morgan fingerprint density at radius 3 is 2.46 bits per heavy atom. The van der Waals surface area contributed by atoms with Crippen LogP contribution in [-0.4, -0.2) is 33.7 Å². The molecule has 11 heteroatoms. The zero-order valence-corrected chi connectivity index (χ0v) is 15.9. The number of benzene rings is 1. The molecule has 0 aliphatic heterocycles. The molecule has 0 atom stereocenters. The summed E-state index contributed by atoms with van der Waals surface area (Å²) in [5, 5.41) is 2.44. The highest BCUT2D eigenvalue weighted by molar-refractivity contribution is 6.33. The molecular weight excluding hydrogens is 397 g/mol. The maximum absolute atomic E-state index is 13.7. The van der Waals surface area contributed by atoms with Gasteiger partial charge in [-0.1, -0.05) is 11.6 Å². The predicted octanol–water partition coefficient (Wildman–Crippen LogP) is 3.85. The van der Waals surface area contributed by atoms with Crippen molar-refractivity contribution in [1.82, 2.24) is 19.5 Å². The molecule has 3 N–H and O–H groups in total. The first-order valence-electron chi connectivity index (χ1n) is 7.95. The Hall–Kier alpha value is -3.01. The Morgan fingerprint density at radius 1 is 1.21 bits per heavy atom. The average Bonchev–Trinajstić information content (AvgIpc) is 3.05. The van der Waals surface area contributed by atoms with E-state index in [0.717, 1.165) is 0 Å². The zero-order valence-electron chi connectivity index (χ0n) is 15.1. The van der Waals surface area contributed by atoms with Crippen LogP contribution >= 0.6 is 11.6 Å². The van der Waals surface area contributed by atoms with Gasteiger partial charge in [0.05, 0.1) is 23.4 Å². The Balaban J connectivity index is 2.31. The lowest BCUT2D eigenvalue weighted by Gasteiger charge is -2.18. The maximum Gasteiger partial charge on any atom is 0.422 e. The fraction of sp³-hybridized carbons (Fsp3) is 0.235. The summed E-state index contributed by atoms with van der Waals surface area (Å²) in [7, 11) is 4.49. The standard InChI is InChI=1S/C17H16ClF3N6O/c1-23-14-12(17(19,20)21)13(25-16(22)26-14)8-7-11(28-3)9(6-10(8)18)15-24-4-5-27(15)2/h4-7H,1-3H3,(H3,22,23,25,26). The van der Waals surface area contributed by atoms with E-state index in [0.29, 0.717) is 11.4 Å². The van der Waals surface area contributed by atoms with Crippen molar-refractivity contribution in [3.05, 3.63) is 35.1 Å². The number of nitrogen functional groups attached to an aromatic ring is 1. The molecule has 0 amide bonds. The van der Waals surface area contributed by atoms with Crippen molar-refractivity contribution in [2.75, 3.05) is 25.2 Å². The second kappa shape index (κ2) is 7.19. The van der Waals surface area contributed by atoms with Gasteiger partial charge in [-0.25, -0.2) is 9.97 Å². The number of alkyl halides is 3. The normalized spacial score (nSPS) is 11.5. The molecule has 0 radical (unpaired) electrons. The number of methoxy groups -OCH3 is 1. The molecule has 0 spiro atoms. The molecule has 148 valence electrons. The third-order valence-corrected chi connectivity index (χ3v) is 4.37. The van der Waals surface area contributed by atoms with Crippen molar-refractivity contribution in [2.45, 2.75) is 6.18 Å². The minimum atomic E-state index is -4.74. The summed E-state index contributed by atoms with van der Waals surface area (Å²) < 4.78 is 48.3. The van der Waals surface area contributed by atoms with Crippen LogP contribution in [-0.2, 0) is 13.2 Å². The van der Waals surface area contributed by atoms with Crippen LogP contribution in [0.3, 0.4) is 0 Å². The highest BCUT2D eigenvalue weighted by Gasteiger charge is 2.39. The third kappa shape index (κ3) is 3.42. The Kier molecular flexibility index (Phi) is 5.07. The largest absolute Gasteiger partial charge is 0.496 e. The van der Waals surface area contributed by atoms with E-state index in [9.17, 15) is 13.2 Å². The molecule has 0 aliphatic carbocycles. The van der Waals surface area contributed by atoms with E-state index in [1.807, 2.05) is 0 Å². The van der Waals surface area contributed by atoms with Crippen molar-refractivity contribution in [1.29, 1.82) is 0 Å². The van der Waals surface area contributed by atoms with Gasteiger partial charge in [-0.05, 0) is 12.1 Å². The Labute approximate surface area is 163 Å². The summed E-state index contributed by atoms with van der Waals surface area (Å²) in [4.78, 5) is 11.7. The van der Waals surface area contributed by atoms with Gasteiger partial charge in [-0.2, -0.15) is 18.2 Å². The van der Waals surface area contributed by atoms with E-state index < -0.39 is 23.3 Å². The van der Waals surface area contributed by atoms with E-state index in [1.54, 1.807) is 24.0 Å². The Morgan fingerprint density at radius 2 is 1.93 bits per heavy atom. The highest BCUT2D eigenvalue weighted by Crippen LogP contribution is 2.45. The molecule has 2 heterocycles. The van der Waals surface area contributed by atoms with E-state index >= 15 is 0 Å². The molecule has 0 saturated heterocycles. The number of ether oxygens (including phenoxy) is 1. The first kappa shape index (κ1) is 19.7. The molecule has 7 nitrogen and oxygen atoms in total. The highest BCUT2D eigenvalue weighted by atomic mass is 35.5. The molecule has 3 aromatic rings. The van der Waals surface area contributed by atoms with Crippen LogP contribution in [0.4, 0.5) is 24.9 Å². The fourth-order valence-corrected chi connectivity index (χ4v) is 3.08. The number of rotatable bonds is 4. The average molecular weight is 413 g/mol. The number of hydrogen-bond donors (Lipinski definition) is 2. The van der Waals surface area contributed by atoms with Crippen molar-refractivity contribution in [3.63, 3.8) is 0 Å². The van der Waals surface area contributed by atoms with Gasteiger partial charge in [-0.3, -0.25) is 0 Å². The SMILES string of the molecule is CNc1nc(N)nc(-c2cc(OC)c(-c3nccn3C)cc2Cl)c1C(F)(F)F. The first-order chi connectivity index (χ1) is 13.2. The number of nitrogens with two attached hydrogens (primary N) is 1. The zero-order chi connectivity index (χ0) is 20.6. The van der Waals surface area contributed by atoms with Gasteiger partial charge in [0.25, 0.3) is 0 Å². The first-order valence-corrected chi connectivity index (χ1v) is 8.33. The van der Waals surface area contributed by atoms with Crippen LogP contribution in [0.25, 0.3) is 22.6 Å². The maximum atomic E-state index is 13.7. The number of nitrogens with zero attached hydrogens (tertiary/aromatic N) is 4. The fourth-order valence-electron chi connectivity index (χ4n) is 2.83. The van der Waals surface area contributed by atoms with Crippen molar-refractivity contribution < 1.29 is 17.9 Å². The minimum absolute atomic E-state index is 0.00870. The van der Waals surface area contributed by atoms with Gasteiger partial charge in [0, 0.05) is 32.1 Å². The van der Waals surface area contributed by atoms with E-state index in [-0.39, 0.29) is 22.3 Å². The van der Waals surface area contributed by atoms with Gasteiger partial charge in [0.1, 0.15) is 23.0 Å². The van der Waals surface area contributed by atoms with E-state index in [1.165, 1.54) is 26.3 Å². The lowest BCUT2D eigenvalue weighted by molar-refractivity contribution is -0.136. The van der Waals surface area contributed by atoms with Crippen LogP contribution < -0.4 is 15.8 Å². The number of nitrogens with one attached hydrogen (secondary N) is 1. The minimum Gasteiger partial charge on any atom is -0.496 e. The number of aryl methyl sites for hydroxylation is 1. The molecule has 0 unspecified atom stereocenters. The number of aromatic nitrogens is 4. The molecule has 0 aliphatic rings. The number of anilines is 2. The molecule has 1 aromatic carbocycles. The smallest absolute Gasteiger partial charge is 0.422 e.